The van der Waals surface area contributed by atoms with Crippen LogP contribution in [0.2, 0.25) is 0 Å². The van der Waals surface area contributed by atoms with Crippen LogP contribution in [-0.2, 0) is 7.05 Å². The molecular formula is C13H14N4OS. The molecule has 0 bridgehead atoms. The van der Waals surface area contributed by atoms with Gasteiger partial charge in [0.15, 0.2) is 5.82 Å². The molecule has 0 aliphatic carbocycles. The van der Waals surface area contributed by atoms with E-state index in [2.05, 4.69) is 4.98 Å². The molecule has 2 N–H and O–H groups in total. The highest BCUT2D eigenvalue weighted by atomic mass is 32.1. The number of benzene rings is 1. The molecule has 0 amide bonds. The Kier molecular flexibility index (Phi) is 3.62. The summed E-state index contributed by atoms with van der Waals surface area (Å²) in [6, 6.07) is 7.37. The van der Waals surface area contributed by atoms with Gasteiger partial charge in [-0.15, -0.1) is 0 Å². The fourth-order valence-corrected chi connectivity index (χ4v) is 1.83. The second-order valence-electron chi connectivity index (χ2n) is 4.14. The number of aromatic nitrogens is 2. The Bertz CT molecular complexity index is 680. The van der Waals surface area contributed by atoms with Gasteiger partial charge in [0.05, 0.1) is 0 Å². The van der Waals surface area contributed by atoms with Crippen LogP contribution in [0.4, 0.5) is 11.5 Å². The van der Waals surface area contributed by atoms with Crippen LogP contribution in [0.3, 0.4) is 0 Å². The van der Waals surface area contributed by atoms with E-state index in [0.29, 0.717) is 10.8 Å². The number of nitrogens with zero attached hydrogens (tertiary/aromatic N) is 3. The number of anilines is 2. The van der Waals surface area contributed by atoms with Gasteiger partial charge in [0.25, 0.3) is 5.56 Å². The second-order valence-corrected chi connectivity index (χ2v) is 4.58. The van der Waals surface area contributed by atoms with Gasteiger partial charge in [-0.05, 0) is 12.1 Å². The van der Waals surface area contributed by atoms with E-state index in [0.717, 1.165) is 11.3 Å². The summed E-state index contributed by atoms with van der Waals surface area (Å²) >= 11 is 4.95. The monoisotopic (exact) mass is 274 g/mol. The third-order valence-electron chi connectivity index (χ3n) is 2.83. The first-order valence-corrected chi connectivity index (χ1v) is 6.07. The van der Waals surface area contributed by atoms with E-state index in [1.165, 1.54) is 4.57 Å². The fourth-order valence-electron chi connectivity index (χ4n) is 1.70. The first-order valence-electron chi connectivity index (χ1n) is 5.66. The molecule has 6 heteroatoms. The molecule has 0 radical (unpaired) electrons. The van der Waals surface area contributed by atoms with Crippen molar-refractivity contribution in [2.75, 3.05) is 11.9 Å². The largest absolute Gasteiger partial charge is 0.389 e. The smallest absolute Gasteiger partial charge is 0.293 e. The minimum atomic E-state index is -0.161. The van der Waals surface area contributed by atoms with Crippen molar-refractivity contribution in [1.82, 2.24) is 9.55 Å². The summed E-state index contributed by atoms with van der Waals surface area (Å²) in [5.41, 5.74) is 7.01. The van der Waals surface area contributed by atoms with Gasteiger partial charge >= 0.3 is 0 Å². The molecule has 2 rings (SSSR count). The predicted octanol–water partition coefficient (Wildman–Crippen LogP) is 1.18. The number of hydrogen-bond acceptors (Lipinski definition) is 4. The Labute approximate surface area is 116 Å². The van der Waals surface area contributed by atoms with E-state index in [1.54, 1.807) is 31.4 Å². The molecule has 0 spiro atoms. The van der Waals surface area contributed by atoms with E-state index in [-0.39, 0.29) is 5.56 Å². The van der Waals surface area contributed by atoms with Gasteiger partial charge in [-0.2, -0.15) is 0 Å². The molecule has 19 heavy (non-hydrogen) atoms. The van der Waals surface area contributed by atoms with Crippen LogP contribution in [0.1, 0.15) is 5.56 Å². The Morgan fingerprint density at radius 2 is 2.21 bits per heavy atom. The third kappa shape index (κ3) is 2.63. The lowest BCUT2D eigenvalue weighted by Crippen LogP contribution is -2.26. The summed E-state index contributed by atoms with van der Waals surface area (Å²) in [4.78, 5) is 18.2. The zero-order chi connectivity index (χ0) is 14.0. The molecule has 1 aromatic carbocycles. The Morgan fingerprint density at radius 1 is 1.47 bits per heavy atom. The van der Waals surface area contributed by atoms with Crippen LogP contribution in [0.25, 0.3) is 0 Å². The van der Waals surface area contributed by atoms with Crippen molar-refractivity contribution < 1.29 is 0 Å². The molecule has 0 unspecified atom stereocenters. The molecule has 0 fully saturated rings. The quantitative estimate of drug-likeness (QED) is 0.852. The molecular weight excluding hydrogens is 260 g/mol. The minimum absolute atomic E-state index is 0.161. The number of thiocarbonyl (C=S) groups is 1. The van der Waals surface area contributed by atoms with E-state index >= 15 is 0 Å². The van der Waals surface area contributed by atoms with E-state index in [1.807, 2.05) is 24.3 Å². The molecule has 2 aromatic rings. The highest BCUT2D eigenvalue weighted by molar-refractivity contribution is 7.80. The van der Waals surface area contributed by atoms with Gasteiger partial charge < -0.3 is 15.2 Å². The molecule has 0 atom stereocenters. The normalized spacial score (nSPS) is 10.2. The SMILES string of the molecule is CN(c1cccc(C(N)=S)c1)c1nccn(C)c1=O. The van der Waals surface area contributed by atoms with Crippen molar-refractivity contribution in [3.8, 4) is 0 Å². The van der Waals surface area contributed by atoms with Crippen LogP contribution in [-0.4, -0.2) is 21.6 Å². The van der Waals surface area contributed by atoms with E-state index in [9.17, 15) is 4.79 Å². The Hall–Kier alpha value is -2.21. The number of hydrogen-bond donors (Lipinski definition) is 1. The van der Waals surface area contributed by atoms with Gasteiger partial charge in [-0.1, -0.05) is 24.4 Å². The van der Waals surface area contributed by atoms with Crippen LogP contribution >= 0.6 is 12.2 Å². The Morgan fingerprint density at radius 3 is 2.89 bits per heavy atom. The number of nitrogens with two attached hydrogens (primary N) is 1. The lowest BCUT2D eigenvalue weighted by atomic mass is 10.2. The molecule has 0 aliphatic heterocycles. The highest BCUT2D eigenvalue weighted by Gasteiger charge is 2.11. The predicted molar refractivity (Wildman–Crippen MR) is 79.9 cm³/mol. The molecule has 0 saturated heterocycles. The van der Waals surface area contributed by atoms with Gasteiger partial charge in [-0.3, -0.25) is 4.79 Å². The molecule has 0 aliphatic rings. The molecule has 98 valence electrons. The zero-order valence-corrected chi connectivity index (χ0v) is 11.5. The minimum Gasteiger partial charge on any atom is -0.389 e. The first-order chi connectivity index (χ1) is 9.00. The fraction of sp³-hybridized carbons (Fsp3) is 0.154. The van der Waals surface area contributed by atoms with Crippen LogP contribution in [0.15, 0.2) is 41.5 Å². The summed E-state index contributed by atoms with van der Waals surface area (Å²) in [5, 5.41) is 0. The van der Waals surface area contributed by atoms with Gasteiger partial charge in [0, 0.05) is 37.7 Å². The van der Waals surface area contributed by atoms with Crippen LogP contribution in [0, 0.1) is 0 Å². The standard InChI is InChI=1S/C13H14N4OS/c1-16-7-6-15-12(13(16)18)17(2)10-5-3-4-9(8-10)11(14)19/h3-8H,1-2H3,(H2,14,19). The van der Waals surface area contributed by atoms with Crippen molar-refractivity contribution in [1.29, 1.82) is 0 Å². The van der Waals surface area contributed by atoms with Crippen molar-refractivity contribution in [3.63, 3.8) is 0 Å². The lowest BCUT2D eigenvalue weighted by Gasteiger charge is -2.18. The summed E-state index contributed by atoms with van der Waals surface area (Å²) in [7, 11) is 3.47. The third-order valence-corrected chi connectivity index (χ3v) is 3.07. The number of rotatable bonds is 3. The Balaban J connectivity index is 2.47. The lowest BCUT2D eigenvalue weighted by molar-refractivity contribution is 0.833. The maximum atomic E-state index is 12.0. The second kappa shape index (κ2) is 5.19. The summed E-state index contributed by atoms with van der Waals surface area (Å²) in [6.45, 7) is 0. The van der Waals surface area contributed by atoms with E-state index < -0.39 is 0 Å². The number of aryl methyl sites for hydroxylation is 1. The van der Waals surface area contributed by atoms with E-state index in [4.69, 9.17) is 18.0 Å². The maximum Gasteiger partial charge on any atom is 0.293 e. The van der Waals surface area contributed by atoms with Gasteiger partial charge in [0.1, 0.15) is 4.99 Å². The summed E-state index contributed by atoms with van der Waals surface area (Å²) in [6.07, 6.45) is 3.20. The van der Waals surface area contributed by atoms with Crippen molar-refractivity contribution >= 4 is 28.7 Å². The molecule has 5 nitrogen and oxygen atoms in total. The molecule has 1 heterocycles. The molecule has 1 aromatic heterocycles. The van der Waals surface area contributed by atoms with Crippen molar-refractivity contribution in [2.24, 2.45) is 12.8 Å². The van der Waals surface area contributed by atoms with Crippen molar-refractivity contribution in [2.45, 2.75) is 0 Å². The topological polar surface area (TPSA) is 64.2 Å². The van der Waals surface area contributed by atoms with Gasteiger partial charge in [-0.25, -0.2) is 4.98 Å². The average Bonchev–Trinajstić information content (AvgIpc) is 2.41. The highest BCUT2D eigenvalue weighted by Crippen LogP contribution is 2.19. The average molecular weight is 274 g/mol. The van der Waals surface area contributed by atoms with Gasteiger partial charge in [0.2, 0.25) is 0 Å². The van der Waals surface area contributed by atoms with Crippen LogP contribution < -0.4 is 16.2 Å². The zero-order valence-electron chi connectivity index (χ0n) is 10.7. The molecule has 0 saturated carbocycles. The van der Waals surface area contributed by atoms with Crippen LogP contribution in [0.5, 0.6) is 0 Å². The maximum absolute atomic E-state index is 12.0. The summed E-state index contributed by atoms with van der Waals surface area (Å²) < 4.78 is 1.48. The summed E-state index contributed by atoms with van der Waals surface area (Å²) in [5.74, 6) is 0.352. The first kappa shape index (κ1) is 13.2. The van der Waals surface area contributed by atoms with Crippen molar-refractivity contribution in [3.05, 3.63) is 52.6 Å².